The van der Waals surface area contributed by atoms with E-state index in [1.54, 1.807) is 0 Å². The molecule has 1 aliphatic heterocycles. The first-order chi connectivity index (χ1) is 7.78. The third kappa shape index (κ3) is 0.963. The van der Waals surface area contributed by atoms with Crippen LogP contribution in [0.2, 0.25) is 0 Å². The number of rotatable bonds is 2. The predicted molar refractivity (Wildman–Crippen MR) is 56.3 cm³/mol. The normalized spacial score (nSPS) is 46.1. The number of fused-ring (bicyclic) bond motifs is 6. The standard InChI is InChI=1S/C13H14O3/c1-2-11(14)15-9-4-6-3-8(9)12-7(6)5-10-13(12)16-10/h2,6-10H,1,3-5H2. The summed E-state index contributed by atoms with van der Waals surface area (Å²) in [7, 11) is 0. The van der Waals surface area contributed by atoms with Crippen LogP contribution >= 0.6 is 0 Å². The maximum atomic E-state index is 11.2. The van der Waals surface area contributed by atoms with E-state index in [2.05, 4.69) is 6.58 Å². The minimum atomic E-state index is -0.286. The first-order valence-corrected chi connectivity index (χ1v) is 6.01. The Labute approximate surface area is 94.1 Å². The van der Waals surface area contributed by atoms with Crippen molar-refractivity contribution in [1.29, 1.82) is 0 Å². The van der Waals surface area contributed by atoms with Crippen molar-refractivity contribution in [3.8, 4) is 0 Å². The minimum Gasteiger partial charge on any atom is -0.483 e. The molecule has 16 heavy (non-hydrogen) atoms. The Hall–Kier alpha value is -1.25. The van der Waals surface area contributed by atoms with E-state index in [1.165, 1.54) is 30.2 Å². The highest BCUT2D eigenvalue weighted by molar-refractivity contribution is 5.81. The zero-order valence-electron chi connectivity index (χ0n) is 9.02. The molecule has 1 heterocycles. The summed E-state index contributed by atoms with van der Waals surface area (Å²) in [5, 5.41) is 0. The summed E-state index contributed by atoms with van der Waals surface area (Å²) in [6, 6.07) is 0. The molecule has 3 nitrogen and oxygen atoms in total. The summed E-state index contributed by atoms with van der Waals surface area (Å²) in [5.41, 5.74) is 1.49. The zero-order chi connectivity index (χ0) is 10.9. The van der Waals surface area contributed by atoms with Gasteiger partial charge in [-0.05, 0) is 36.7 Å². The lowest BCUT2D eigenvalue weighted by Gasteiger charge is -2.27. The van der Waals surface area contributed by atoms with Crippen molar-refractivity contribution in [3.05, 3.63) is 24.0 Å². The van der Waals surface area contributed by atoms with Crippen LogP contribution in [0.5, 0.6) is 0 Å². The lowest BCUT2D eigenvalue weighted by molar-refractivity contribution is -0.144. The van der Waals surface area contributed by atoms with Gasteiger partial charge in [0.2, 0.25) is 0 Å². The van der Waals surface area contributed by atoms with Crippen molar-refractivity contribution >= 4 is 5.97 Å². The van der Waals surface area contributed by atoms with Gasteiger partial charge in [-0.1, -0.05) is 6.58 Å². The number of ether oxygens (including phenoxy) is 2. The van der Waals surface area contributed by atoms with Crippen molar-refractivity contribution in [2.45, 2.75) is 31.5 Å². The Morgan fingerprint density at radius 3 is 3.06 bits per heavy atom. The molecular weight excluding hydrogens is 204 g/mol. The van der Waals surface area contributed by atoms with Gasteiger partial charge in [0.15, 0.2) is 6.10 Å². The lowest BCUT2D eigenvalue weighted by Crippen LogP contribution is -2.28. The number of epoxide rings is 1. The molecule has 0 N–H and O–H groups in total. The van der Waals surface area contributed by atoms with Crippen molar-refractivity contribution in [2.24, 2.45) is 17.8 Å². The van der Waals surface area contributed by atoms with E-state index in [0.717, 1.165) is 18.3 Å². The molecule has 2 saturated carbocycles. The Morgan fingerprint density at radius 1 is 1.38 bits per heavy atom. The third-order valence-corrected chi connectivity index (χ3v) is 4.60. The molecule has 3 aliphatic carbocycles. The smallest absolute Gasteiger partial charge is 0.330 e. The minimum absolute atomic E-state index is 0.0807. The highest BCUT2D eigenvalue weighted by Crippen LogP contribution is 2.63. The average Bonchev–Trinajstić information content (AvgIpc) is 2.67. The van der Waals surface area contributed by atoms with Crippen LogP contribution in [0.1, 0.15) is 19.3 Å². The zero-order valence-corrected chi connectivity index (χ0v) is 9.02. The van der Waals surface area contributed by atoms with Crippen LogP contribution in [0.25, 0.3) is 0 Å². The Bertz CT molecular complexity index is 423. The molecule has 0 aromatic heterocycles. The fourth-order valence-corrected chi connectivity index (χ4v) is 3.99. The molecule has 2 bridgehead atoms. The van der Waals surface area contributed by atoms with E-state index in [-0.39, 0.29) is 12.1 Å². The van der Waals surface area contributed by atoms with Crippen LogP contribution in [0.3, 0.4) is 0 Å². The van der Waals surface area contributed by atoms with Crippen molar-refractivity contribution in [2.75, 3.05) is 0 Å². The highest BCUT2D eigenvalue weighted by atomic mass is 16.6. The maximum Gasteiger partial charge on any atom is 0.330 e. The number of hydrogen-bond acceptors (Lipinski definition) is 3. The lowest BCUT2D eigenvalue weighted by atomic mass is 9.84. The predicted octanol–water partition coefficient (Wildman–Crippen LogP) is 1.80. The average molecular weight is 218 g/mol. The van der Waals surface area contributed by atoms with E-state index >= 15 is 0 Å². The summed E-state index contributed by atoms with van der Waals surface area (Å²) < 4.78 is 10.9. The molecule has 0 radical (unpaired) electrons. The number of carbonyl (C=O) groups is 1. The molecule has 4 aliphatic rings. The van der Waals surface area contributed by atoms with Crippen LogP contribution in [0.4, 0.5) is 0 Å². The van der Waals surface area contributed by atoms with Crippen molar-refractivity contribution < 1.29 is 14.3 Å². The molecule has 1 saturated heterocycles. The molecule has 5 atom stereocenters. The number of carbonyl (C=O) groups excluding carboxylic acids is 1. The SMILES string of the molecule is C=CC(=O)OC1CC2CC1C1=C3OC3CC12. The van der Waals surface area contributed by atoms with Gasteiger partial charge >= 0.3 is 5.97 Å². The monoisotopic (exact) mass is 218 g/mol. The van der Waals surface area contributed by atoms with E-state index < -0.39 is 0 Å². The molecule has 84 valence electrons. The fraction of sp³-hybridized carbons (Fsp3) is 0.615. The largest absolute Gasteiger partial charge is 0.483 e. The molecule has 5 unspecified atom stereocenters. The van der Waals surface area contributed by atoms with Gasteiger partial charge in [-0.3, -0.25) is 0 Å². The third-order valence-electron chi connectivity index (χ3n) is 4.60. The van der Waals surface area contributed by atoms with E-state index in [4.69, 9.17) is 9.47 Å². The van der Waals surface area contributed by atoms with Gasteiger partial charge in [-0.25, -0.2) is 4.79 Å². The highest BCUT2D eigenvalue weighted by Gasteiger charge is 2.60. The van der Waals surface area contributed by atoms with Gasteiger partial charge < -0.3 is 9.47 Å². The molecule has 0 aromatic rings. The molecule has 3 heteroatoms. The van der Waals surface area contributed by atoms with Gasteiger partial charge in [0.25, 0.3) is 0 Å². The molecule has 0 spiro atoms. The van der Waals surface area contributed by atoms with Crippen LogP contribution < -0.4 is 0 Å². The van der Waals surface area contributed by atoms with Crippen LogP contribution in [-0.4, -0.2) is 18.2 Å². The van der Waals surface area contributed by atoms with Gasteiger partial charge in [0.05, 0.1) is 0 Å². The Balaban J connectivity index is 1.60. The van der Waals surface area contributed by atoms with Gasteiger partial charge in [0.1, 0.15) is 11.9 Å². The van der Waals surface area contributed by atoms with E-state index in [9.17, 15) is 4.79 Å². The molecule has 3 fully saturated rings. The van der Waals surface area contributed by atoms with Crippen molar-refractivity contribution in [1.82, 2.24) is 0 Å². The summed E-state index contributed by atoms with van der Waals surface area (Å²) in [4.78, 5) is 11.2. The molecule has 0 aromatic carbocycles. The summed E-state index contributed by atoms with van der Waals surface area (Å²) in [5.74, 6) is 2.87. The topological polar surface area (TPSA) is 38.8 Å². The van der Waals surface area contributed by atoms with Gasteiger partial charge in [-0.2, -0.15) is 0 Å². The second-order valence-electron chi connectivity index (χ2n) is 5.29. The number of esters is 1. The maximum absolute atomic E-state index is 11.2. The van der Waals surface area contributed by atoms with Crippen LogP contribution in [0.15, 0.2) is 24.0 Å². The Morgan fingerprint density at radius 2 is 2.25 bits per heavy atom. The first kappa shape index (κ1) is 8.85. The van der Waals surface area contributed by atoms with E-state index in [1.807, 2.05) is 0 Å². The molecular formula is C13H14O3. The van der Waals surface area contributed by atoms with Crippen LogP contribution in [0, 0.1) is 17.8 Å². The quantitative estimate of drug-likeness (QED) is 0.403. The molecule has 0 amide bonds. The van der Waals surface area contributed by atoms with Gasteiger partial charge in [-0.15, -0.1) is 0 Å². The fourth-order valence-electron chi connectivity index (χ4n) is 3.99. The molecule has 4 rings (SSSR count). The van der Waals surface area contributed by atoms with Gasteiger partial charge in [0, 0.05) is 12.0 Å². The number of hydrogen-bond donors (Lipinski definition) is 0. The first-order valence-electron chi connectivity index (χ1n) is 6.01. The summed E-state index contributed by atoms with van der Waals surface area (Å²) >= 11 is 0. The second kappa shape index (κ2) is 2.70. The van der Waals surface area contributed by atoms with Crippen LogP contribution in [-0.2, 0) is 14.3 Å². The van der Waals surface area contributed by atoms with Crippen molar-refractivity contribution in [3.63, 3.8) is 0 Å². The van der Waals surface area contributed by atoms with E-state index in [0.29, 0.717) is 12.0 Å². The summed E-state index contributed by atoms with van der Waals surface area (Å²) in [6.45, 7) is 3.44. The summed E-state index contributed by atoms with van der Waals surface area (Å²) in [6.07, 6.45) is 5.18. The second-order valence-corrected chi connectivity index (χ2v) is 5.29. The Kier molecular flexibility index (Phi) is 1.50.